The quantitative estimate of drug-likeness (QED) is 0.688. The number of aliphatic hydroxyl groups excluding tert-OH is 3. The van der Waals surface area contributed by atoms with Crippen LogP contribution < -0.4 is 0 Å². The lowest BCUT2D eigenvalue weighted by molar-refractivity contribution is -0.298. The Balaban J connectivity index is 1.55. The molecule has 1 fully saturated rings. The van der Waals surface area contributed by atoms with Crippen LogP contribution in [0.15, 0.2) is 60.7 Å². The zero-order valence-corrected chi connectivity index (χ0v) is 14.3. The molecule has 6 nitrogen and oxygen atoms in total. The van der Waals surface area contributed by atoms with Crippen molar-refractivity contribution in [1.29, 1.82) is 0 Å². The molecule has 1 saturated heterocycles. The predicted molar refractivity (Wildman–Crippen MR) is 94.0 cm³/mol. The molecule has 0 amide bonds. The molecule has 26 heavy (non-hydrogen) atoms. The van der Waals surface area contributed by atoms with Gasteiger partial charge in [-0.1, -0.05) is 60.7 Å². The Morgan fingerprint density at radius 2 is 1.35 bits per heavy atom. The summed E-state index contributed by atoms with van der Waals surface area (Å²) in [6, 6.07) is 19.0. The fourth-order valence-corrected chi connectivity index (χ4v) is 2.88. The van der Waals surface area contributed by atoms with Gasteiger partial charge in [0, 0.05) is 0 Å². The van der Waals surface area contributed by atoms with E-state index < -0.39 is 30.7 Å². The largest absolute Gasteiger partial charge is 0.387 e. The lowest BCUT2D eigenvalue weighted by atomic mass is 9.99. The minimum absolute atomic E-state index is 0.0744. The Labute approximate surface area is 152 Å². The molecule has 140 valence electrons. The summed E-state index contributed by atoms with van der Waals surface area (Å²) in [6.45, 7) is 0.649. The average molecular weight is 360 g/mol. The highest BCUT2D eigenvalue weighted by atomic mass is 16.7. The van der Waals surface area contributed by atoms with Gasteiger partial charge in [-0.25, -0.2) is 0 Å². The van der Waals surface area contributed by atoms with Crippen molar-refractivity contribution in [3.8, 4) is 0 Å². The summed E-state index contributed by atoms with van der Waals surface area (Å²) in [4.78, 5) is 0. The lowest BCUT2D eigenvalue weighted by Crippen LogP contribution is -2.59. The van der Waals surface area contributed by atoms with Crippen molar-refractivity contribution in [1.82, 2.24) is 0 Å². The second-order valence-electron chi connectivity index (χ2n) is 6.31. The first-order chi connectivity index (χ1) is 12.6. The number of hydrogen-bond acceptors (Lipinski definition) is 6. The Morgan fingerprint density at radius 3 is 1.96 bits per heavy atom. The molecular formula is C20H24O6. The summed E-state index contributed by atoms with van der Waals surface area (Å²) in [6.07, 6.45) is -5.65. The van der Waals surface area contributed by atoms with Gasteiger partial charge < -0.3 is 29.5 Å². The molecule has 1 heterocycles. The van der Waals surface area contributed by atoms with Gasteiger partial charge in [0.1, 0.15) is 24.4 Å². The number of rotatable bonds is 7. The first-order valence-corrected chi connectivity index (χ1v) is 8.62. The van der Waals surface area contributed by atoms with Crippen LogP contribution in [0.2, 0.25) is 0 Å². The molecule has 5 atom stereocenters. The van der Waals surface area contributed by atoms with E-state index in [9.17, 15) is 15.3 Å². The first-order valence-electron chi connectivity index (χ1n) is 8.62. The van der Waals surface area contributed by atoms with Gasteiger partial charge >= 0.3 is 0 Å². The molecule has 2 aromatic rings. The highest BCUT2D eigenvalue weighted by molar-refractivity contribution is 5.14. The van der Waals surface area contributed by atoms with Crippen molar-refractivity contribution in [2.75, 3.05) is 6.61 Å². The van der Waals surface area contributed by atoms with Crippen LogP contribution in [0.5, 0.6) is 0 Å². The zero-order chi connectivity index (χ0) is 18.4. The molecule has 0 bridgehead atoms. The van der Waals surface area contributed by atoms with Crippen molar-refractivity contribution in [2.24, 2.45) is 0 Å². The van der Waals surface area contributed by atoms with E-state index in [-0.39, 0.29) is 13.2 Å². The van der Waals surface area contributed by atoms with Gasteiger partial charge in [-0.2, -0.15) is 0 Å². The van der Waals surface area contributed by atoms with Gasteiger partial charge in [0.15, 0.2) is 6.29 Å². The topological polar surface area (TPSA) is 88.4 Å². The van der Waals surface area contributed by atoms with Gasteiger partial charge in [0.25, 0.3) is 0 Å². The number of benzene rings is 2. The molecule has 3 rings (SSSR count). The van der Waals surface area contributed by atoms with E-state index in [1.165, 1.54) is 0 Å². The highest BCUT2D eigenvalue weighted by Crippen LogP contribution is 2.24. The molecule has 0 unspecified atom stereocenters. The first kappa shape index (κ1) is 19.0. The van der Waals surface area contributed by atoms with Crippen molar-refractivity contribution < 1.29 is 29.5 Å². The van der Waals surface area contributed by atoms with Crippen LogP contribution in [0.25, 0.3) is 0 Å². The Bertz CT molecular complexity index is 650. The summed E-state index contributed by atoms with van der Waals surface area (Å²) in [5.41, 5.74) is 1.90. The third kappa shape index (κ3) is 4.88. The molecule has 1 aliphatic rings. The van der Waals surface area contributed by atoms with Crippen molar-refractivity contribution in [3.63, 3.8) is 0 Å². The summed E-state index contributed by atoms with van der Waals surface area (Å²) >= 11 is 0. The maximum Gasteiger partial charge on any atom is 0.184 e. The summed E-state index contributed by atoms with van der Waals surface area (Å²) in [7, 11) is 0. The molecule has 0 spiro atoms. The summed E-state index contributed by atoms with van der Waals surface area (Å²) < 4.78 is 16.5. The molecule has 1 aliphatic heterocycles. The second-order valence-corrected chi connectivity index (χ2v) is 6.31. The molecule has 0 saturated carbocycles. The maximum absolute atomic E-state index is 10.5. The minimum atomic E-state index is -1.44. The molecular weight excluding hydrogens is 336 g/mol. The van der Waals surface area contributed by atoms with Crippen molar-refractivity contribution in [3.05, 3.63) is 71.8 Å². The van der Waals surface area contributed by atoms with Crippen molar-refractivity contribution in [2.45, 2.75) is 43.9 Å². The van der Waals surface area contributed by atoms with E-state index in [1.54, 1.807) is 0 Å². The fraction of sp³-hybridized carbons (Fsp3) is 0.400. The van der Waals surface area contributed by atoms with Gasteiger partial charge in [0.05, 0.1) is 19.8 Å². The average Bonchev–Trinajstić information content (AvgIpc) is 2.67. The van der Waals surface area contributed by atoms with E-state index >= 15 is 0 Å². The Kier molecular flexibility index (Phi) is 6.73. The van der Waals surface area contributed by atoms with Crippen LogP contribution in [0.3, 0.4) is 0 Å². The molecule has 0 radical (unpaired) electrons. The van der Waals surface area contributed by atoms with Gasteiger partial charge in [-0.15, -0.1) is 0 Å². The lowest BCUT2D eigenvalue weighted by Gasteiger charge is -2.40. The summed E-state index contributed by atoms with van der Waals surface area (Å²) in [5, 5.41) is 30.5. The monoisotopic (exact) mass is 360 g/mol. The molecule has 6 heteroatoms. The van der Waals surface area contributed by atoms with E-state index in [2.05, 4.69) is 0 Å². The van der Waals surface area contributed by atoms with Crippen molar-refractivity contribution >= 4 is 0 Å². The molecule has 0 aliphatic carbocycles. The maximum atomic E-state index is 10.5. The smallest absolute Gasteiger partial charge is 0.184 e. The third-order valence-electron chi connectivity index (χ3n) is 4.34. The Hall–Kier alpha value is -1.80. The fourth-order valence-electron chi connectivity index (χ4n) is 2.88. The van der Waals surface area contributed by atoms with Crippen LogP contribution in [-0.2, 0) is 27.4 Å². The molecule has 0 aromatic heterocycles. The van der Waals surface area contributed by atoms with E-state index in [0.29, 0.717) is 6.61 Å². The highest BCUT2D eigenvalue weighted by Gasteiger charge is 2.44. The van der Waals surface area contributed by atoms with Crippen LogP contribution in [0.1, 0.15) is 11.1 Å². The van der Waals surface area contributed by atoms with Gasteiger partial charge in [-0.05, 0) is 11.1 Å². The summed E-state index contributed by atoms with van der Waals surface area (Å²) in [5.74, 6) is 0. The minimum Gasteiger partial charge on any atom is -0.387 e. The third-order valence-corrected chi connectivity index (χ3v) is 4.34. The van der Waals surface area contributed by atoms with Crippen LogP contribution in [0.4, 0.5) is 0 Å². The number of aliphatic hydroxyl groups is 3. The predicted octanol–water partition coefficient (Wildman–Crippen LogP) is 1.23. The second kappa shape index (κ2) is 9.23. The number of ether oxygens (including phenoxy) is 3. The van der Waals surface area contributed by atoms with Gasteiger partial charge in [0.2, 0.25) is 0 Å². The van der Waals surface area contributed by atoms with Crippen LogP contribution in [-0.4, -0.2) is 52.6 Å². The van der Waals surface area contributed by atoms with E-state index in [4.69, 9.17) is 14.2 Å². The van der Waals surface area contributed by atoms with Gasteiger partial charge in [-0.3, -0.25) is 0 Å². The van der Waals surface area contributed by atoms with E-state index in [0.717, 1.165) is 11.1 Å². The SMILES string of the molecule is O[C@@H]1[C@H](OCc2ccccc2)[C@H](O)[C@H](O)O[C@H]1COCc1ccccc1. The number of hydrogen-bond donors (Lipinski definition) is 3. The zero-order valence-electron chi connectivity index (χ0n) is 14.3. The van der Waals surface area contributed by atoms with E-state index in [1.807, 2.05) is 60.7 Å². The standard InChI is InChI=1S/C20H24O6/c21-17-16(13-24-11-14-7-3-1-4-8-14)26-20(23)18(22)19(17)25-12-15-9-5-2-6-10-15/h1-10,16-23H,11-13H2/t16-,17-,18-,19-,20+/m0/s1. The molecule has 3 N–H and O–H groups in total. The van der Waals surface area contributed by atoms with Crippen LogP contribution >= 0.6 is 0 Å². The Morgan fingerprint density at radius 1 is 0.769 bits per heavy atom. The molecule has 2 aromatic carbocycles. The van der Waals surface area contributed by atoms with Crippen LogP contribution in [0, 0.1) is 0 Å². The normalized spacial score (nSPS) is 28.8.